The Morgan fingerprint density at radius 1 is 1.06 bits per heavy atom. The van der Waals surface area contributed by atoms with Crippen LogP contribution in [0.4, 0.5) is 24.0 Å². The largest absolute Gasteiger partial charge is 0.416 e. The van der Waals surface area contributed by atoms with Gasteiger partial charge in [-0.2, -0.15) is 18.3 Å². The highest BCUT2D eigenvalue weighted by Crippen LogP contribution is 2.38. The van der Waals surface area contributed by atoms with Crippen LogP contribution in [0.3, 0.4) is 0 Å². The number of nitrogens with one attached hydrogen (secondary N) is 1. The van der Waals surface area contributed by atoms with Crippen molar-refractivity contribution in [2.75, 3.05) is 5.43 Å². The number of aromatic nitrogens is 1. The summed E-state index contributed by atoms with van der Waals surface area (Å²) < 4.78 is 38.9. The molecule has 0 amide bonds. The average Bonchev–Trinajstić information content (AvgIpc) is 3.29. The van der Waals surface area contributed by atoms with Gasteiger partial charge in [0.15, 0.2) is 0 Å². The normalized spacial score (nSPS) is 11.6. The summed E-state index contributed by atoms with van der Waals surface area (Å²) in [6.45, 7) is 0. The molecule has 34 heavy (non-hydrogen) atoms. The van der Waals surface area contributed by atoms with Gasteiger partial charge in [-0.3, -0.25) is 15.5 Å². The fraction of sp³-hybridized carbons (Fsp3) is 0.0435. The smallest absolute Gasteiger partial charge is 0.258 e. The van der Waals surface area contributed by atoms with Crippen molar-refractivity contribution in [1.29, 1.82) is 0 Å². The maximum Gasteiger partial charge on any atom is 0.416 e. The highest BCUT2D eigenvalue weighted by Gasteiger charge is 2.30. The predicted octanol–water partition coefficient (Wildman–Crippen LogP) is 7.33. The molecule has 4 aromatic rings. The Morgan fingerprint density at radius 3 is 2.59 bits per heavy atom. The summed E-state index contributed by atoms with van der Waals surface area (Å²) in [5.41, 5.74) is 3.98. The second-order valence-electron chi connectivity index (χ2n) is 6.89. The molecule has 0 fully saturated rings. The summed E-state index contributed by atoms with van der Waals surface area (Å²) in [6, 6.07) is 18.7. The van der Waals surface area contributed by atoms with E-state index in [1.54, 1.807) is 6.07 Å². The number of hydrogen-bond acceptors (Lipinski definition) is 7. The molecule has 1 N–H and O–H groups in total. The number of nitro benzene ring substituents is 1. The van der Waals surface area contributed by atoms with E-state index in [1.165, 1.54) is 41.8 Å². The Labute approximate surface area is 200 Å². The summed E-state index contributed by atoms with van der Waals surface area (Å²) in [4.78, 5) is 15.9. The summed E-state index contributed by atoms with van der Waals surface area (Å²) in [5, 5.41) is 18.1. The molecule has 0 atom stereocenters. The van der Waals surface area contributed by atoms with Crippen molar-refractivity contribution in [2.24, 2.45) is 5.10 Å². The van der Waals surface area contributed by atoms with Crippen LogP contribution in [0.2, 0.25) is 0 Å². The zero-order valence-corrected chi connectivity index (χ0v) is 18.8. The van der Waals surface area contributed by atoms with Crippen molar-refractivity contribution in [3.05, 3.63) is 99.4 Å². The van der Waals surface area contributed by atoms with Crippen LogP contribution < -0.4 is 5.43 Å². The molecule has 0 aliphatic rings. The number of hydrazone groups is 1. The zero-order valence-electron chi connectivity index (χ0n) is 17.2. The van der Waals surface area contributed by atoms with Gasteiger partial charge in [0.25, 0.3) is 5.69 Å². The number of nitro groups is 1. The number of rotatable bonds is 7. The van der Waals surface area contributed by atoms with Crippen molar-refractivity contribution in [2.45, 2.75) is 16.0 Å². The Kier molecular flexibility index (Phi) is 6.94. The summed E-state index contributed by atoms with van der Waals surface area (Å²) >= 11 is 2.26. The van der Waals surface area contributed by atoms with Crippen LogP contribution in [0, 0.1) is 10.1 Å². The molecule has 4 rings (SSSR count). The third-order valence-electron chi connectivity index (χ3n) is 4.52. The second-order valence-corrected chi connectivity index (χ2v) is 8.86. The van der Waals surface area contributed by atoms with Crippen LogP contribution in [0.5, 0.6) is 0 Å². The van der Waals surface area contributed by atoms with Gasteiger partial charge in [-0.25, -0.2) is 4.98 Å². The van der Waals surface area contributed by atoms with Crippen LogP contribution in [0.25, 0.3) is 11.3 Å². The Morgan fingerprint density at radius 2 is 1.85 bits per heavy atom. The standard InChI is InChI=1S/C23H15F3N4O2S2/c24-23(25,26)17-7-4-8-18(12-17)34-21-10-9-15(11-20(21)30(31)32)13-27-29-22-28-19(14-33-22)16-5-2-1-3-6-16/h1-14H,(H,28,29). The first-order valence-corrected chi connectivity index (χ1v) is 11.4. The number of benzene rings is 3. The van der Waals surface area contributed by atoms with Gasteiger partial charge in [0, 0.05) is 27.5 Å². The van der Waals surface area contributed by atoms with E-state index < -0.39 is 16.7 Å². The summed E-state index contributed by atoms with van der Waals surface area (Å²) in [6.07, 6.45) is -3.08. The molecule has 0 bridgehead atoms. The van der Waals surface area contributed by atoms with E-state index in [1.807, 2.05) is 35.7 Å². The first-order chi connectivity index (χ1) is 16.3. The second kappa shape index (κ2) is 10.1. The molecular formula is C23H15F3N4O2S2. The molecule has 0 spiro atoms. The zero-order chi connectivity index (χ0) is 24.1. The molecule has 172 valence electrons. The molecule has 1 heterocycles. The van der Waals surface area contributed by atoms with E-state index in [4.69, 9.17) is 0 Å². The molecule has 0 aliphatic heterocycles. The molecule has 3 aromatic carbocycles. The Balaban J connectivity index is 1.48. The van der Waals surface area contributed by atoms with E-state index >= 15 is 0 Å². The first kappa shape index (κ1) is 23.5. The minimum absolute atomic E-state index is 0.224. The lowest BCUT2D eigenvalue weighted by Gasteiger charge is -2.09. The number of halogens is 3. The molecule has 0 unspecified atom stereocenters. The van der Waals surface area contributed by atoms with E-state index in [-0.39, 0.29) is 15.5 Å². The number of anilines is 1. The maximum absolute atomic E-state index is 13.0. The lowest BCUT2D eigenvalue weighted by molar-refractivity contribution is -0.387. The number of nitrogens with zero attached hydrogens (tertiary/aromatic N) is 3. The van der Waals surface area contributed by atoms with Crippen LogP contribution in [0.15, 0.2) is 93.1 Å². The number of thiazole rings is 1. The first-order valence-electron chi connectivity index (χ1n) is 9.73. The van der Waals surface area contributed by atoms with Crippen LogP contribution in [-0.4, -0.2) is 16.1 Å². The van der Waals surface area contributed by atoms with Gasteiger partial charge in [0.2, 0.25) is 5.13 Å². The van der Waals surface area contributed by atoms with Crippen molar-refractivity contribution in [3.63, 3.8) is 0 Å². The van der Waals surface area contributed by atoms with Gasteiger partial charge < -0.3 is 0 Å². The Hall–Kier alpha value is -3.70. The fourth-order valence-corrected chi connectivity index (χ4v) is 4.56. The highest BCUT2D eigenvalue weighted by molar-refractivity contribution is 7.99. The minimum atomic E-state index is -4.49. The van der Waals surface area contributed by atoms with Gasteiger partial charge >= 0.3 is 6.18 Å². The van der Waals surface area contributed by atoms with Crippen molar-refractivity contribution in [1.82, 2.24) is 4.98 Å². The van der Waals surface area contributed by atoms with Gasteiger partial charge in [-0.05, 0) is 24.3 Å². The maximum atomic E-state index is 13.0. The topological polar surface area (TPSA) is 80.4 Å². The molecule has 0 saturated heterocycles. The van der Waals surface area contributed by atoms with E-state index in [9.17, 15) is 23.3 Å². The summed E-state index contributed by atoms with van der Waals surface area (Å²) in [5.74, 6) is 0. The van der Waals surface area contributed by atoms with Gasteiger partial charge in [0.1, 0.15) is 0 Å². The van der Waals surface area contributed by atoms with Gasteiger partial charge in [-0.15, -0.1) is 11.3 Å². The van der Waals surface area contributed by atoms with Gasteiger partial charge in [0.05, 0.1) is 27.3 Å². The molecule has 11 heteroatoms. The third kappa shape index (κ3) is 5.80. The fourth-order valence-electron chi connectivity index (χ4n) is 2.94. The van der Waals surface area contributed by atoms with Gasteiger partial charge in [-0.1, -0.05) is 54.2 Å². The lowest BCUT2D eigenvalue weighted by atomic mass is 10.2. The average molecular weight is 501 g/mol. The lowest BCUT2D eigenvalue weighted by Crippen LogP contribution is -2.04. The van der Waals surface area contributed by atoms with Crippen LogP contribution in [-0.2, 0) is 6.18 Å². The Bertz CT molecular complexity index is 1340. The quantitative estimate of drug-likeness (QED) is 0.163. The van der Waals surface area contributed by atoms with Crippen LogP contribution in [0.1, 0.15) is 11.1 Å². The predicted molar refractivity (Wildman–Crippen MR) is 127 cm³/mol. The van der Waals surface area contributed by atoms with E-state index in [0.717, 1.165) is 35.2 Å². The molecule has 0 saturated carbocycles. The highest BCUT2D eigenvalue weighted by atomic mass is 32.2. The van der Waals surface area contributed by atoms with Crippen LogP contribution >= 0.6 is 23.1 Å². The molecule has 6 nitrogen and oxygen atoms in total. The summed E-state index contributed by atoms with van der Waals surface area (Å²) in [7, 11) is 0. The molecule has 0 aliphatic carbocycles. The molecule has 0 radical (unpaired) electrons. The van der Waals surface area contributed by atoms with Crippen molar-refractivity contribution < 1.29 is 18.1 Å². The molecule has 1 aromatic heterocycles. The number of alkyl halides is 3. The van der Waals surface area contributed by atoms with Crippen molar-refractivity contribution >= 4 is 40.1 Å². The SMILES string of the molecule is O=[N+]([O-])c1cc(C=NNc2nc(-c3ccccc3)cs2)ccc1Sc1cccc(C(F)(F)F)c1. The van der Waals surface area contributed by atoms with Crippen molar-refractivity contribution in [3.8, 4) is 11.3 Å². The third-order valence-corrected chi connectivity index (χ3v) is 6.32. The monoisotopic (exact) mass is 500 g/mol. The van der Waals surface area contributed by atoms with E-state index in [2.05, 4.69) is 15.5 Å². The minimum Gasteiger partial charge on any atom is -0.258 e. The molecular weight excluding hydrogens is 485 g/mol. The van der Waals surface area contributed by atoms with E-state index in [0.29, 0.717) is 10.7 Å². The number of hydrogen-bond donors (Lipinski definition) is 1.